The number of methoxy groups -OCH3 is 1. The number of aromatic hydroxyl groups is 1. The molecule has 0 saturated heterocycles. The molecule has 0 aromatic heterocycles. The van der Waals surface area contributed by atoms with Gasteiger partial charge in [-0.15, -0.1) is 0 Å². The van der Waals surface area contributed by atoms with Crippen LogP contribution in [0.3, 0.4) is 0 Å². The second kappa shape index (κ2) is 8.91. The number of hydrogen-bond donors (Lipinski definition) is 2. The first-order valence-corrected chi connectivity index (χ1v) is 8.77. The highest BCUT2D eigenvalue weighted by Gasteiger charge is 2.08. The van der Waals surface area contributed by atoms with Crippen LogP contribution in [0.4, 0.5) is 0 Å². The monoisotopic (exact) mass is 440 g/mol. The number of phenols is 1. The van der Waals surface area contributed by atoms with E-state index < -0.39 is 5.91 Å². The Morgan fingerprint density at radius 2 is 1.96 bits per heavy atom. The number of halogens is 2. The lowest BCUT2D eigenvalue weighted by Gasteiger charge is -2.09. The number of nitrogens with one attached hydrogen (secondary N) is 1. The number of nitrogens with zero attached hydrogens (tertiary/aromatic N) is 1. The Kier molecular flexibility index (Phi) is 6.88. The molecule has 0 saturated carbocycles. The Bertz CT molecular complexity index is 832. The molecule has 0 aliphatic rings. The Morgan fingerprint density at radius 3 is 2.58 bits per heavy atom. The summed E-state index contributed by atoms with van der Waals surface area (Å²) in [6.45, 7) is 3.56. The van der Waals surface area contributed by atoms with Crippen molar-refractivity contribution in [2.45, 2.75) is 13.8 Å². The maximum absolute atomic E-state index is 11.8. The number of ether oxygens (including phenoxy) is 2. The van der Waals surface area contributed by atoms with Crippen molar-refractivity contribution in [3.63, 3.8) is 0 Å². The third kappa shape index (κ3) is 5.12. The molecule has 0 fully saturated rings. The minimum Gasteiger partial charge on any atom is -0.503 e. The maximum Gasteiger partial charge on any atom is 0.277 e. The molecule has 2 rings (SSSR count). The minimum absolute atomic E-state index is 0.00404. The minimum atomic E-state index is -0.406. The van der Waals surface area contributed by atoms with E-state index in [-0.39, 0.29) is 12.4 Å². The number of hydrogen-bond acceptors (Lipinski definition) is 5. The molecule has 2 aromatic rings. The van der Waals surface area contributed by atoms with Gasteiger partial charge in [-0.3, -0.25) is 4.79 Å². The van der Waals surface area contributed by atoms with Crippen molar-refractivity contribution in [2.24, 2.45) is 5.10 Å². The van der Waals surface area contributed by atoms with Crippen molar-refractivity contribution in [2.75, 3.05) is 13.7 Å². The Hall–Kier alpha value is -2.25. The summed E-state index contributed by atoms with van der Waals surface area (Å²) in [6, 6.07) is 6.77. The van der Waals surface area contributed by atoms with E-state index in [9.17, 15) is 9.90 Å². The van der Waals surface area contributed by atoms with Crippen LogP contribution < -0.4 is 14.9 Å². The number of hydrazone groups is 1. The lowest BCUT2D eigenvalue weighted by molar-refractivity contribution is -0.123. The molecule has 0 radical (unpaired) electrons. The zero-order valence-corrected chi connectivity index (χ0v) is 16.8. The van der Waals surface area contributed by atoms with Crippen molar-refractivity contribution in [1.29, 1.82) is 0 Å². The molecule has 0 aliphatic carbocycles. The lowest BCUT2D eigenvalue weighted by atomic mass is 10.1. The molecule has 0 bridgehead atoms. The molecule has 6 nitrogen and oxygen atoms in total. The summed E-state index contributed by atoms with van der Waals surface area (Å²) in [5.74, 6) is 0.451. The van der Waals surface area contributed by atoms with Gasteiger partial charge in [0.1, 0.15) is 5.75 Å². The van der Waals surface area contributed by atoms with Gasteiger partial charge in [0, 0.05) is 5.02 Å². The predicted molar refractivity (Wildman–Crippen MR) is 105 cm³/mol. The smallest absolute Gasteiger partial charge is 0.277 e. The maximum atomic E-state index is 11.8. The molecule has 0 heterocycles. The molecule has 0 unspecified atom stereocenters. The van der Waals surface area contributed by atoms with Crippen LogP contribution in [0, 0.1) is 13.8 Å². The number of amides is 1. The van der Waals surface area contributed by atoms with E-state index in [1.165, 1.54) is 13.3 Å². The standard InChI is InChI=1S/C18H18BrClN2O4/c1-10-4-13(5-11(2)17(10)20)26-9-16(23)22-21-8-12-6-14(19)18(24)15(7-12)25-3/h4-8,24H,9H2,1-3H3,(H,22,23)/b21-8+. The van der Waals surface area contributed by atoms with E-state index in [4.69, 9.17) is 21.1 Å². The van der Waals surface area contributed by atoms with Crippen molar-refractivity contribution < 1.29 is 19.4 Å². The second-order valence-electron chi connectivity index (χ2n) is 5.51. The van der Waals surface area contributed by atoms with E-state index in [1.54, 1.807) is 24.3 Å². The predicted octanol–water partition coefficient (Wildman–Crippen LogP) is 3.96. The van der Waals surface area contributed by atoms with Crippen LogP contribution in [0.1, 0.15) is 16.7 Å². The van der Waals surface area contributed by atoms with Gasteiger partial charge in [-0.1, -0.05) is 11.6 Å². The van der Waals surface area contributed by atoms with Crippen LogP contribution in [0.5, 0.6) is 17.2 Å². The SMILES string of the molecule is COc1cc(/C=N/NC(=O)COc2cc(C)c(Cl)c(C)c2)cc(Br)c1O. The number of aryl methyl sites for hydroxylation is 2. The normalized spacial score (nSPS) is 10.8. The van der Waals surface area contributed by atoms with Crippen molar-refractivity contribution in [3.8, 4) is 17.2 Å². The summed E-state index contributed by atoms with van der Waals surface area (Å²) in [5.41, 5.74) is 4.77. The van der Waals surface area contributed by atoms with Crippen LogP contribution in [-0.2, 0) is 4.79 Å². The Labute approximate surface area is 164 Å². The van der Waals surface area contributed by atoms with Gasteiger partial charge >= 0.3 is 0 Å². The van der Waals surface area contributed by atoms with Gasteiger partial charge in [0.25, 0.3) is 5.91 Å². The first kappa shape index (κ1) is 20.1. The summed E-state index contributed by atoms with van der Waals surface area (Å²) >= 11 is 9.32. The van der Waals surface area contributed by atoms with Gasteiger partial charge in [-0.05, 0) is 70.7 Å². The molecule has 0 spiro atoms. The summed E-state index contributed by atoms with van der Waals surface area (Å²) < 4.78 is 11.0. The third-order valence-corrected chi connectivity index (χ3v) is 4.65. The van der Waals surface area contributed by atoms with Crippen LogP contribution in [0.2, 0.25) is 5.02 Å². The molecule has 2 aromatic carbocycles. The van der Waals surface area contributed by atoms with Crippen LogP contribution in [-0.4, -0.2) is 30.9 Å². The summed E-state index contributed by atoms with van der Waals surface area (Å²) in [6.07, 6.45) is 1.43. The van der Waals surface area contributed by atoms with Crippen molar-refractivity contribution in [1.82, 2.24) is 5.43 Å². The number of phenolic OH excluding ortho intramolecular Hbond substituents is 1. The molecule has 1 amide bonds. The Morgan fingerprint density at radius 1 is 1.31 bits per heavy atom. The zero-order valence-electron chi connectivity index (χ0n) is 14.5. The van der Waals surface area contributed by atoms with E-state index in [0.717, 1.165) is 11.1 Å². The first-order valence-electron chi connectivity index (χ1n) is 7.59. The fourth-order valence-electron chi connectivity index (χ4n) is 2.17. The molecule has 0 aliphatic heterocycles. The van der Waals surface area contributed by atoms with Crippen LogP contribution in [0.15, 0.2) is 33.8 Å². The molecular weight excluding hydrogens is 424 g/mol. The quantitative estimate of drug-likeness (QED) is 0.525. The fraction of sp³-hybridized carbons (Fsp3) is 0.222. The summed E-state index contributed by atoms with van der Waals surface area (Å²) in [4.78, 5) is 11.8. The first-order chi connectivity index (χ1) is 12.3. The summed E-state index contributed by atoms with van der Waals surface area (Å²) in [5, 5.41) is 14.3. The van der Waals surface area contributed by atoms with E-state index in [0.29, 0.717) is 26.6 Å². The topological polar surface area (TPSA) is 80.2 Å². The number of carbonyl (C=O) groups is 1. The second-order valence-corrected chi connectivity index (χ2v) is 6.74. The average Bonchev–Trinajstić information content (AvgIpc) is 2.60. The van der Waals surface area contributed by atoms with E-state index >= 15 is 0 Å². The van der Waals surface area contributed by atoms with Gasteiger partial charge in [0.2, 0.25) is 0 Å². The highest BCUT2D eigenvalue weighted by atomic mass is 79.9. The van der Waals surface area contributed by atoms with Gasteiger partial charge in [-0.2, -0.15) is 5.10 Å². The van der Waals surface area contributed by atoms with Gasteiger partial charge in [0.15, 0.2) is 18.1 Å². The van der Waals surface area contributed by atoms with Crippen LogP contribution in [0.25, 0.3) is 0 Å². The highest BCUT2D eigenvalue weighted by molar-refractivity contribution is 9.10. The van der Waals surface area contributed by atoms with Gasteiger partial charge in [-0.25, -0.2) is 5.43 Å². The molecule has 26 heavy (non-hydrogen) atoms. The number of benzene rings is 2. The molecule has 2 N–H and O–H groups in total. The fourth-order valence-corrected chi connectivity index (χ4v) is 2.74. The van der Waals surface area contributed by atoms with Gasteiger partial charge in [0.05, 0.1) is 17.8 Å². The third-order valence-electron chi connectivity index (χ3n) is 3.45. The summed E-state index contributed by atoms with van der Waals surface area (Å²) in [7, 11) is 1.45. The van der Waals surface area contributed by atoms with Gasteiger partial charge < -0.3 is 14.6 Å². The highest BCUT2D eigenvalue weighted by Crippen LogP contribution is 2.34. The molecule has 8 heteroatoms. The lowest BCUT2D eigenvalue weighted by Crippen LogP contribution is -2.24. The molecule has 0 atom stereocenters. The average molecular weight is 442 g/mol. The number of carbonyl (C=O) groups excluding carboxylic acids is 1. The molecular formula is C18H18BrClN2O4. The molecule has 138 valence electrons. The van der Waals surface area contributed by atoms with E-state index in [1.807, 2.05) is 13.8 Å². The van der Waals surface area contributed by atoms with Crippen molar-refractivity contribution in [3.05, 3.63) is 50.5 Å². The van der Waals surface area contributed by atoms with Crippen LogP contribution >= 0.6 is 27.5 Å². The number of rotatable bonds is 6. The van der Waals surface area contributed by atoms with Crippen molar-refractivity contribution >= 4 is 39.7 Å². The zero-order chi connectivity index (χ0) is 19.3. The van der Waals surface area contributed by atoms with E-state index in [2.05, 4.69) is 26.5 Å². The Balaban J connectivity index is 1.93. The largest absolute Gasteiger partial charge is 0.503 e.